The molecule has 0 spiro atoms. The minimum atomic E-state index is -0.233. The zero-order valence-electron chi connectivity index (χ0n) is 11.2. The molecule has 0 aromatic rings. The normalized spacial score (nSPS) is 11.0. The van der Waals surface area contributed by atoms with E-state index in [-0.39, 0.29) is 24.8 Å². The second-order valence-electron chi connectivity index (χ2n) is 3.71. The summed E-state index contributed by atoms with van der Waals surface area (Å²) in [7, 11) is 0. The minimum Gasteiger partial charge on any atom is -0.465 e. The number of rotatable bonds is 9. The topological polar surface area (TPSA) is 52.6 Å². The average molecular weight is 254 g/mol. The maximum absolute atomic E-state index is 11.1. The first kappa shape index (κ1) is 16.4. The molecule has 0 aromatic heterocycles. The van der Waals surface area contributed by atoms with Crippen LogP contribution in [0, 0.1) is 0 Å². The zero-order chi connectivity index (χ0) is 13.6. The first-order valence-electron chi connectivity index (χ1n) is 6.33. The van der Waals surface area contributed by atoms with Gasteiger partial charge in [0.15, 0.2) is 0 Å². The summed E-state index contributed by atoms with van der Waals surface area (Å²) in [5.74, 6) is -0.465. The fourth-order valence-electron chi connectivity index (χ4n) is 1.04. The van der Waals surface area contributed by atoms with Gasteiger partial charge in [-0.1, -0.05) is 38.2 Å². The highest BCUT2D eigenvalue weighted by molar-refractivity contribution is 5.71. The lowest BCUT2D eigenvalue weighted by Gasteiger charge is -1.99. The van der Waals surface area contributed by atoms with Crippen LogP contribution in [0.5, 0.6) is 0 Å². The van der Waals surface area contributed by atoms with E-state index in [2.05, 4.69) is 0 Å². The summed E-state index contributed by atoms with van der Waals surface area (Å²) in [5, 5.41) is 0. The van der Waals surface area contributed by atoms with Gasteiger partial charge in [-0.15, -0.1) is 0 Å². The van der Waals surface area contributed by atoms with Crippen LogP contribution in [0.3, 0.4) is 0 Å². The van der Waals surface area contributed by atoms with Crippen LogP contribution in [0.25, 0.3) is 0 Å². The molecule has 0 heterocycles. The highest BCUT2D eigenvalue weighted by atomic mass is 16.5. The molecule has 0 radical (unpaired) electrons. The predicted octanol–water partition coefficient (Wildman–Crippen LogP) is 2.79. The van der Waals surface area contributed by atoms with Crippen LogP contribution < -0.4 is 0 Å². The van der Waals surface area contributed by atoms with Crippen molar-refractivity contribution in [3.63, 3.8) is 0 Å². The quantitative estimate of drug-likeness (QED) is 0.469. The lowest BCUT2D eigenvalue weighted by Crippen LogP contribution is -2.03. The molecule has 102 valence electrons. The lowest BCUT2D eigenvalue weighted by atomic mass is 10.3. The Labute approximate surface area is 109 Å². The zero-order valence-corrected chi connectivity index (χ0v) is 11.2. The van der Waals surface area contributed by atoms with Crippen molar-refractivity contribution in [1.29, 1.82) is 0 Å². The molecule has 0 saturated heterocycles. The van der Waals surface area contributed by atoms with Gasteiger partial charge in [-0.3, -0.25) is 9.59 Å². The van der Waals surface area contributed by atoms with Gasteiger partial charge in [0.1, 0.15) is 0 Å². The Balaban J connectivity index is 3.62. The largest absolute Gasteiger partial charge is 0.465 e. The molecular weight excluding hydrogens is 232 g/mol. The molecule has 0 bridgehead atoms. The number of hydrogen-bond acceptors (Lipinski definition) is 4. The van der Waals surface area contributed by atoms with Gasteiger partial charge in [-0.25, -0.2) is 0 Å². The molecule has 0 rings (SSSR count). The second-order valence-corrected chi connectivity index (χ2v) is 3.71. The maximum atomic E-state index is 11.1. The molecule has 0 aliphatic heterocycles. The molecule has 18 heavy (non-hydrogen) atoms. The van der Waals surface area contributed by atoms with Crippen LogP contribution in [0.1, 0.15) is 39.5 Å². The van der Waals surface area contributed by atoms with Gasteiger partial charge in [0, 0.05) is 0 Å². The smallest absolute Gasteiger partial charge is 0.309 e. The Morgan fingerprint density at radius 2 is 1.22 bits per heavy atom. The molecule has 4 nitrogen and oxygen atoms in total. The Morgan fingerprint density at radius 3 is 1.56 bits per heavy atom. The van der Waals surface area contributed by atoms with Gasteiger partial charge in [0.2, 0.25) is 0 Å². The van der Waals surface area contributed by atoms with Gasteiger partial charge in [-0.05, 0) is 12.8 Å². The van der Waals surface area contributed by atoms with Gasteiger partial charge in [-0.2, -0.15) is 0 Å². The van der Waals surface area contributed by atoms with Crippen molar-refractivity contribution in [3.05, 3.63) is 24.3 Å². The predicted molar refractivity (Wildman–Crippen MR) is 70.0 cm³/mol. The monoisotopic (exact) mass is 254 g/mol. The third kappa shape index (κ3) is 10.9. The molecule has 0 aliphatic carbocycles. The summed E-state index contributed by atoms with van der Waals surface area (Å²) in [6.07, 6.45) is 9.01. The van der Waals surface area contributed by atoms with Crippen LogP contribution in [-0.4, -0.2) is 25.2 Å². The summed E-state index contributed by atoms with van der Waals surface area (Å²) >= 11 is 0. The van der Waals surface area contributed by atoms with E-state index in [4.69, 9.17) is 9.47 Å². The van der Waals surface area contributed by atoms with E-state index in [9.17, 15) is 9.59 Å². The number of carbonyl (C=O) groups is 2. The third-order valence-corrected chi connectivity index (χ3v) is 1.89. The van der Waals surface area contributed by atoms with Crippen molar-refractivity contribution in [2.24, 2.45) is 0 Å². The van der Waals surface area contributed by atoms with Gasteiger partial charge >= 0.3 is 11.9 Å². The summed E-state index contributed by atoms with van der Waals surface area (Å²) < 4.78 is 9.78. The molecule has 0 aromatic carbocycles. The second kappa shape index (κ2) is 11.9. The Kier molecular flexibility index (Phi) is 10.8. The standard InChI is InChI=1S/C14H22O4/c1-3-11-17-13(15)9-7-5-6-8-10-14(16)18-12-4-2/h5-8H,3-4,9-12H2,1-2H3/b7-5+,8-6+. The first-order valence-corrected chi connectivity index (χ1v) is 6.33. The Hall–Kier alpha value is -1.58. The van der Waals surface area contributed by atoms with E-state index in [1.807, 2.05) is 13.8 Å². The summed E-state index contributed by atoms with van der Waals surface area (Å²) in [6, 6.07) is 0. The van der Waals surface area contributed by atoms with Crippen molar-refractivity contribution in [2.75, 3.05) is 13.2 Å². The summed E-state index contributed by atoms with van der Waals surface area (Å²) in [4.78, 5) is 22.2. The fourth-order valence-corrected chi connectivity index (χ4v) is 1.04. The van der Waals surface area contributed by atoms with Crippen molar-refractivity contribution in [3.8, 4) is 0 Å². The van der Waals surface area contributed by atoms with Crippen LogP contribution in [0.2, 0.25) is 0 Å². The van der Waals surface area contributed by atoms with Crippen molar-refractivity contribution in [1.82, 2.24) is 0 Å². The molecule has 0 aliphatic rings. The Morgan fingerprint density at radius 1 is 0.833 bits per heavy atom. The SMILES string of the molecule is CCCOC(=O)C/C=C/C=C/CC(=O)OCCC. The van der Waals surface area contributed by atoms with Crippen molar-refractivity contribution >= 4 is 11.9 Å². The molecule has 0 amide bonds. The molecule has 0 unspecified atom stereocenters. The first-order chi connectivity index (χ1) is 8.70. The molecule has 0 saturated carbocycles. The lowest BCUT2D eigenvalue weighted by molar-refractivity contribution is -0.143. The third-order valence-electron chi connectivity index (χ3n) is 1.89. The average Bonchev–Trinajstić information content (AvgIpc) is 2.37. The van der Waals surface area contributed by atoms with E-state index in [0.29, 0.717) is 13.2 Å². The molecule has 0 atom stereocenters. The van der Waals surface area contributed by atoms with E-state index >= 15 is 0 Å². The van der Waals surface area contributed by atoms with Crippen LogP contribution in [0.15, 0.2) is 24.3 Å². The van der Waals surface area contributed by atoms with E-state index in [1.165, 1.54) is 0 Å². The molecule has 0 fully saturated rings. The van der Waals surface area contributed by atoms with E-state index in [0.717, 1.165) is 12.8 Å². The summed E-state index contributed by atoms with van der Waals surface area (Å²) in [5.41, 5.74) is 0. The number of carbonyl (C=O) groups excluding carboxylic acids is 2. The minimum absolute atomic E-state index is 0.233. The van der Waals surface area contributed by atoms with E-state index in [1.54, 1.807) is 24.3 Å². The van der Waals surface area contributed by atoms with Crippen LogP contribution in [0.4, 0.5) is 0 Å². The molecule has 0 N–H and O–H groups in total. The van der Waals surface area contributed by atoms with E-state index < -0.39 is 0 Å². The van der Waals surface area contributed by atoms with Crippen molar-refractivity contribution < 1.29 is 19.1 Å². The van der Waals surface area contributed by atoms with Gasteiger partial charge in [0.05, 0.1) is 26.1 Å². The number of allylic oxidation sites excluding steroid dienone is 2. The molecule has 4 heteroatoms. The van der Waals surface area contributed by atoms with Crippen LogP contribution >= 0.6 is 0 Å². The number of hydrogen-bond donors (Lipinski definition) is 0. The number of esters is 2. The van der Waals surface area contributed by atoms with Gasteiger partial charge < -0.3 is 9.47 Å². The fraction of sp³-hybridized carbons (Fsp3) is 0.571. The van der Waals surface area contributed by atoms with Gasteiger partial charge in [0.25, 0.3) is 0 Å². The van der Waals surface area contributed by atoms with Crippen LogP contribution in [-0.2, 0) is 19.1 Å². The molecular formula is C14H22O4. The number of ether oxygens (including phenoxy) is 2. The highest BCUT2D eigenvalue weighted by Crippen LogP contribution is 1.93. The highest BCUT2D eigenvalue weighted by Gasteiger charge is 1.97. The maximum Gasteiger partial charge on any atom is 0.309 e. The van der Waals surface area contributed by atoms with Crippen molar-refractivity contribution in [2.45, 2.75) is 39.5 Å². The Bertz CT molecular complexity index is 262. The summed E-state index contributed by atoms with van der Waals surface area (Å²) in [6.45, 7) is 4.82.